The normalized spacial score (nSPS) is 17.8. The van der Waals surface area contributed by atoms with Crippen LogP contribution in [0.25, 0.3) is 0 Å². The van der Waals surface area contributed by atoms with Gasteiger partial charge in [-0.1, -0.05) is 6.92 Å². The van der Waals surface area contributed by atoms with Crippen LogP contribution in [-0.2, 0) is 25.6 Å². The van der Waals surface area contributed by atoms with Gasteiger partial charge in [-0.3, -0.25) is 0 Å². The molecule has 9 heteroatoms. The SMILES string of the molecule is CCc1nnc2n1CC(CNc1nccc(C(F)(F)F)n1)CC2. The summed E-state index contributed by atoms with van der Waals surface area (Å²) in [5, 5.41) is 11.2. The number of hydrogen-bond donors (Lipinski definition) is 1. The number of aromatic nitrogens is 5. The molecule has 0 aliphatic carbocycles. The quantitative estimate of drug-likeness (QED) is 0.934. The zero-order valence-corrected chi connectivity index (χ0v) is 12.6. The molecule has 0 saturated carbocycles. The molecule has 1 aliphatic heterocycles. The van der Waals surface area contributed by atoms with Gasteiger partial charge in [-0.2, -0.15) is 13.2 Å². The average Bonchev–Trinajstić information content (AvgIpc) is 2.94. The predicted octanol–water partition coefficient (Wildman–Crippen LogP) is 2.32. The Balaban J connectivity index is 1.63. The van der Waals surface area contributed by atoms with Gasteiger partial charge in [0.25, 0.3) is 0 Å². The fourth-order valence-corrected chi connectivity index (χ4v) is 2.72. The minimum atomic E-state index is -4.46. The number of aryl methyl sites for hydroxylation is 2. The summed E-state index contributed by atoms with van der Waals surface area (Å²) in [6.45, 7) is 3.30. The first kappa shape index (κ1) is 15.7. The highest BCUT2D eigenvalue weighted by Crippen LogP contribution is 2.27. The van der Waals surface area contributed by atoms with Crippen molar-refractivity contribution in [2.75, 3.05) is 11.9 Å². The van der Waals surface area contributed by atoms with Crippen molar-refractivity contribution in [2.24, 2.45) is 5.92 Å². The molecule has 1 atom stereocenters. The van der Waals surface area contributed by atoms with E-state index in [1.54, 1.807) is 0 Å². The Hall–Kier alpha value is -2.19. The number of halogens is 3. The molecule has 0 spiro atoms. The number of nitrogens with zero attached hydrogens (tertiary/aromatic N) is 5. The molecule has 2 aromatic heterocycles. The lowest BCUT2D eigenvalue weighted by molar-refractivity contribution is -0.141. The second-order valence-electron chi connectivity index (χ2n) is 5.55. The van der Waals surface area contributed by atoms with Gasteiger partial charge in [-0.15, -0.1) is 10.2 Å². The summed E-state index contributed by atoms with van der Waals surface area (Å²) in [6, 6.07) is 0.864. The molecule has 0 amide bonds. The van der Waals surface area contributed by atoms with Gasteiger partial charge in [0, 0.05) is 32.1 Å². The first-order valence-corrected chi connectivity index (χ1v) is 7.52. The molecule has 0 radical (unpaired) electrons. The zero-order valence-electron chi connectivity index (χ0n) is 12.6. The van der Waals surface area contributed by atoms with Gasteiger partial charge in [-0.25, -0.2) is 9.97 Å². The summed E-state index contributed by atoms with van der Waals surface area (Å²) in [7, 11) is 0. The third-order valence-corrected chi connectivity index (χ3v) is 3.93. The Kier molecular flexibility index (Phi) is 4.18. The number of fused-ring (bicyclic) bond motifs is 1. The van der Waals surface area contributed by atoms with E-state index in [1.165, 1.54) is 0 Å². The summed E-state index contributed by atoms with van der Waals surface area (Å²) in [5.74, 6) is 2.21. The van der Waals surface area contributed by atoms with Crippen molar-refractivity contribution >= 4 is 5.95 Å². The van der Waals surface area contributed by atoms with E-state index in [4.69, 9.17) is 0 Å². The first-order chi connectivity index (χ1) is 11.0. The number of anilines is 1. The van der Waals surface area contributed by atoms with E-state index in [0.717, 1.165) is 49.7 Å². The molecular formula is C14H17F3N6. The van der Waals surface area contributed by atoms with E-state index >= 15 is 0 Å². The molecule has 3 rings (SSSR count). The summed E-state index contributed by atoms with van der Waals surface area (Å²) in [6.07, 6.45) is -0.801. The van der Waals surface area contributed by atoms with Gasteiger partial charge < -0.3 is 9.88 Å². The largest absolute Gasteiger partial charge is 0.433 e. The molecule has 23 heavy (non-hydrogen) atoms. The Morgan fingerprint density at radius 2 is 2.17 bits per heavy atom. The van der Waals surface area contributed by atoms with Crippen LogP contribution in [0.2, 0.25) is 0 Å². The standard InChI is InChI=1S/C14H17F3N6/c1-2-11-21-22-12-4-3-9(8-23(11)12)7-19-13-18-6-5-10(20-13)14(15,16)17/h5-6,9H,2-4,7-8H2,1H3,(H,18,19,20). The average molecular weight is 326 g/mol. The maximum absolute atomic E-state index is 12.6. The smallest absolute Gasteiger partial charge is 0.354 e. The van der Waals surface area contributed by atoms with Crippen LogP contribution in [0.15, 0.2) is 12.3 Å². The van der Waals surface area contributed by atoms with E-state index < -0.39 is 11.9 Å². The monoisotopic (exact) mass is 326 g/mol. The fraction of sp³-hybridized carbons (Fsp3) is 0.571. The Morgan fingerprint density at radius 3 is 2.91 bits per heavy atom. The second kappa shape index (κ2) is 6.13. The molecule has 1 N–H and O–H groups in total. The molecule has 6 nitrogen and oxygen atoms in total. The zero-order chi connectivity index (χ0) is 16.4. The van der Waals surface area contributed by atoms with Crippen LogP contribution < -0.4 is 5.32 Å². The molecule has 0 bridgehead atoms. The third-order valence-electron chi connectivity index (χ3n) is 3.93. The lowest BCUT2D eigenvalue weighted by Gasteiger charge is -2.24. The van der Waals surface area contributed by atoms with Gasteiger partial charge in [0.1, 0.15) is 17.3 Å². The molecule has 2 aromatic rings. The van der Waals surface area contributed by atoms with Crippen molar-refractivity contribution in [2.45, 2.75) is 38.9 Å². The van der Waals surface area contributed by atoms with Gasteiger partial charge >= 0.3 is 6.18 Å². The molecule has 1 unspecified atom stereocenters. The van der Waals surface area contributed by atoms with Crippen molar-refractivity contribution in [1.29, 1.82) is 0 Å². The van der Waals surface area contributed by atoms with Crippen LogP contribution in [0, 0.1) is 5.92 Å². The maximum atomic E-state index is 12.6. The van der Waals surface area contributed by atoms with Crippen molar-refractivity contribution in [3.63, 3.8) is 0 Å². The van der Waals surface area contributed by atoms with Crippen LogP contribution in [0.4, 0.5) is 19.1 Å². The summed E-state index contributed by atoms with van der Waals surface area (Å²) < 4.78 is 40.0. The van der Waals surface area contributed by atoms with Crippen molar-refractivity contribution in [1.82, 2.24) is 24.7 Å². The fourth-order valence-electron chi connectivity index (χ4n) is 2.72. The minimum absolute atomic E-state index is 0.00472. The lowest BCUT2D eigenvalue weighted by Crippen LogP contribution is -2.27. The number of rotatable bonds is 4. The van der Waals surface area contributed by atoms with Crippen LogP contribution in [0.1, 0.15) is 30.7 Å². The number of alkyl halides is 3. The maximum Gasteiger partial charge on any atom is 0.433 e. The second-order valence-corrected chi connectivity index (χ2v) is 5.55. The first-order valence-electron chi connectivity index (χ1n) is 7.52. The van der Waals surface area contributed by atoms with Crippen LogP contribution >= 0.6 is 0 Å². The molecule has 0 aromatic carbocycles. The molecule has 3 heterocycles. The summed E-state index contributed by atoms with van der Waals surface area (Å²) in [5.41, 5.74) is -0.937. The highest BCUT2D eigenvalue weighted by molar-refractivity contribution is 5.26. The molecular weight excluding hydrogens is 309 g/mol. The van der Waals surface area contributed by atoms with E-state index in [1.807, 2.05) is 6.92 Å². The molecule has 0 saturated heterocycles. The molecule has 124 valence electrons. The predicted molar refractivity (Wildman–Crippen MR) is 76.7 cm³/mol. The minimum Gasteiger partial charge on any atom is -0.354 e. The van der Waals surface area contributed by atoms with Crippen LogP contribution in [-0.4, -0.2) is 31.3 Å². The Bertz CT molecular complexity index is 668. The van der Waals surface area contributed by atoms with Crippen molar-refractivity contribution in [3.8, 4) is 0 Å². The topological polar surface area (TPSA) is 68.5 Å². The van der Waals surface area contributed by atoms with Crippen LogP contribution in [0.3, 0.4) is 0 Å². The van der Waals surface area contributed by atoms with Crippen LogP contribution in [0.5, 0.6) is 0 Å². The Morgan fingerprint density at radius 1 is 1.35 bits per heavy atom. The molecule has 1 aliphatic rings. The van der Waals surface area contributed by atoms with Gasteiger partial charge in [0.05, 0.1) is 0 Å². The van der Waals surface area contributed by atoms with Gasteiger partial charge in [-0.05, 0) is 18.4 Å². The number of nitrogens with one attached hydrogen (secondary N) is 1. The van der Waals surface area contributed by atoms with Gasteiger partial charge in [0.2, 0.25) is 5.95 Å². The van der Waals surface area contributed by atoms with Gasteiger partial charge in [0.15, 0.2) is 0 Å². The van der Waals surface area contributed by atoms with E-state index in [2.05, 4.69) is 30.0 Å². The Labute approximate surface area is 131 Å². The van der Waals surface area contributed by atoms with Crippen molar-refractivity contribution in [3.05, 3.63) is 29.6 Å². The summed E-state index contributed by atoms with van der Waals surface area (Å²) >= 11 is 0. The molecule has 0 fully saturated rings. The lowest BCUT2D eigenvalue weighted by atomic mass is 9.99. The van der Waals surface area contributed by atoms with Crippen molar-refractivity contribution < 1.29 is 13.2 Å². The highest BCUT2D eigenvalue weighted by atomic mass is 19.4. The van der Waals surface area contributed by atoms with E-state index in [9.17, 15) is 13.2 Å². The van der Waals surface area contributed by atoms with E-state index in [0.29, 0.717) is 6.54 Å². The number of hydrogen-bond acceptors (Lipinski definition) is 5. The highest BCUT2D eigenvalue weighted by Gasteiger charge is 2.32. The third kappa shape index (κ3) is 3.43. The van der Waals surface area contributed by atoms with E-state index in [-0.39, 0.29) is 11.9 Å². The summed E-state index contributed by atoms with van der Waals surface area (Å²) in [4.78, 5) is 7.37.